The zero-order valence-corrected chi connectivity index (χ0v) is 33.4. The van der Waals surface area contributed by atoms with E-state index in [1.54, 1.807) is 13.8 Å². The molecule has 0 rings (SSSR count). The largest absolute Gasteiger partial charge is 0.481 e. The number of nitrogens with two attached hydrogens (primary N) is 5. The van der Waals surface area contributed by atoms with Gasteiger partial charge in [-0.3, -0.25) is 57.7 Å². The maximum atomic E-state index is 13.1. The second-order valence-corrected chi connectivity index (χ2v) is 13.5. The Morgan fingerprint density at radius 2 is 1.05 bits per heavy atom. The van der Waals surface area contributed by atoms with Crippen LogP contribution in [0.2, 0.25) is 0 Å². The highest BCUT2D eigenvalue weighted by molar-refractivity contribution is 5.97. The predicted molar refractivity (Wildman–Crippen MR) is 207 cm³/mol. The fourth-order valence-corrected chi connectivity index (χ4v) is 4.80. The summed E-state index contributed by atoms with van der Waals surface area (Å²) in [7, 11) is 0. The van der Waals surface area contributed by atoms with Crippen LogP contribution in [0.4, 0.5) is 0 Å². The van der Waals surface area contributed by atoms with Gasteiger partial charge < -0.3 is 76.3 Å². The van der Waals surface area contributed by atoms with E-state index in [-0.39, 0.29) is 38.2 Å². The van der Waals surface area contributed by atoms with Crippen LogP contribution in [0, 0.1) is 5.92 Å². The van der Waals surface area contributed by atoms with Gasteiger partial charge in [0.2, 0.25) is 59.1 Å². The molecular formula is C33H58N14O12. The Labute approximate surface area is 339 Å². The molecule has 0 bridgehead atoms. The van der Waals surface area contributed by atoms with Crippen LogP contribution >= 0.6 is 0 Å². The fraction of sp³-hybridized carbons (Fsp3) is 0.636. The van der Waals surface area contributed by atoms with Crippen molar-refractivity contribution in [2.45, 2.75) is 102 Å². The number of aliphatic carboxylic acids is 1. The number of hydrogen-bond acceptors (Lipinski definition) is 13. The molecule has 0 aliphatic rings. The van der Waals surface area contributed by atoms with Crippen LogP contribution in [0.1, 0.15) is 66.2 Å². The number of carbonyl (C=O) groups excluding carboxylic acids is 10. The van der Waals surface area contributed by atoms with Crippen LogP contribution < -0.4 is 71.2 Å². The summed E-state index contributed by atoms with van der Waals surface area (Å²) < 4.78 is 0. The van der Waals surface area contributed by atoms with E-state index >= 15 is 0 Å². The number of carboxylic acids is 1. The Morgan fingerprint density at radius 1 is 0.559 bits per heavy atom. The number of hydrogen-bond donors (Lipinski definition) is 14. The van der Waals surface area contributed by atoms with E-state index < -0.39 is 140 Å². The lowest BCUT2D eigenvalue weighted by molar-refractivity contribution is -0.138. The van der Waals surface area contributed by atoms with E-state index in [4.69, 9.17) is 28.7 Å². The number of primary amides is 2. The van der Waals surface area contributed by atoms with E-state index in [0.29, 0.717) is 0 Å². The smallest absolute Gasteiger partial charge is 0.303 e. The minimum atomic E-state index is -1.51. The maximum absolute atomic E-state index is 13.1. The molecule has 10 amide bonds. The first kappa shape index (κ1) is 52.4. The van der Waals surface area contributed by atoms with Gasteiger partial charge in [0.25, 0.3) is 0 Å². The summed E-state index contributed by atoms with van der Waals surface area (Å²) in [6.07, 6.45) is -1.24. The Bertz CT molecular complexity index is 1570. The molecule has 26 heteroatoms. The minimum absolute atomic E-state index is 0.0588. The molecule has 0 heterocycles. The monoisotopic (exact) mass is 842 g/mol. The van der Waals surface area contributed by atoms with Gasteiger partial charge in [0, 0.05) is 19.4 Å². The van der Waals surface area contributed by atoms with Crippen molar-refractivity contribution in [1.82, 2.24) is 42.5 Å². The average molecular weight is 843 g/mol. The van der Waals surface area contributed by atoms with E-state index in [2.05, 4.69) is 47.5 Å². The van der Waals surface area contributed by atoms with Crippen molar-refractivity contribution in [3.63, 3.8) is 0 Å². The predicted octanol–water partition coefficient (Wildman–Crippen LogP) is -7.55. The third kappa shape index (κ3) is 22.7. The molecular weight excluding hydrogens is 784 g/mol. The van der Waals surface area contributed by atoms with Crippen LogP contribution in [0.15, 0.2) is 4.99 Å². The first-order valence-electron chi connectivity index (χ1n) is 18.4. The molecule has 0 saturated carbocycles. The number of guanidine groups is 1. The second kappa shape index (κ2) is 27.1. The molecule has 0 aromatic heterocycles. The van der Waals surface area contributed by atoms with E-state index in [0.717, 1.165) is 0 Å². The maximum Gasteiger partial charge on any atom is 0.303 e. The van der Waals surface area contributed by atoms with Gasteiger partial charge in [0.15, 0.2) is 5.96 Å². The zero-order valence-electron chi connectivity index (χ0n) is 33.4. The van der Waals surface area contributed by atoms with Crippen LogP contribution in [0.25, 0.3) is 0 Å². The highest BCUT2D eigenvalue weighted by Gasteiger charge is 2.30. The number of aliphatic imine (C=N–C) groups is 1. The molecule has 0 fully saturated rings. The summed E-state index contributed by atoms with van der Waals surface area (Å²) in [5, 5.41) is 27.8. The quantitative estimate of drug-likeness (QED) is 0.0198. The Kier molecular flexibility index (Phi) is 24.1. The molecule has 6 atom stereocenters. The summed E-state index contributed by atoms with van der Waals surface area (Å²) >= 11 is 0. The molecule has 0 radical (unpaired) electrons. The van der Waals surface area contributed by atoms with Crippen LogP contribution in [0.5, 0.6) is 0 Å². The SMILES string of the molecule is CC(C)[C@H](NC(=O)[C@H](CCC(N)=O)NC(=O)CNC(=O)CNC(=O)[C@H](C)NC(=O)[C@H](CCC(=O)O)NC(=O)[C@H](C)NC(=O)[C@H](CCCN=C(N)N)NC(=O)CN)C(N)=O. The van der Waals surface area contributed by atoms with Crippen molar-refractivity contribution in [2.24, 2.45) is 39.6 Å². The lowest BCUT2D eigenvalue weighted by Gasteiger charge is -2.24. The number of carboxylic acid groups (broad SMARTS) is 1. The van der Waals surface area contributed by atoms with Crippen molar-refractivity contribution in [2.75, 3.05) is 26.2 Å². The van der Waals surface area contributed by atoms with Gasteiger partial charge in [-0.05, 0) is 45.4 Å². The number of amides is 10. The third-order valence-electron chi connectivity index (χ3n) is 8.04. The van der Waals surface area contributed by atoms with Crippen molar-refractivity contribution >= 4 is 71.0 Å². The van der Waals surface area contributed by atoms with Crippen molar-refractivity contribution in [1.29, 1.82) is 0 Å². The van der Waals surface area contributed by atoms with Crippen LogP contribution in [0.3, 0.4) is 0 Å². The van der Waals surface area contributed by atoms with Crippen molar-refractivity contribution < 1.29 is 57.8 Å². The Morgan fingerprint density at radius 3 is 1.56 bits per heavy atom. The Balaban J connectivity index is 5.35. The number of carbonyl (C=O) groups is 11. The normalized spacial score (nSPS) is 13.7. The summed E-state index contributed by atoms with van der Waals surface area (Å²) in [5.74, 6) is -10.3. The van der Waals surface area contributed by atoms with Gasteiger partial charge in [-0.15, -0.1) is 0 Å². The summed E-state index contributed by atoms with van der Waals surface area (Å²) in [4.78, 5) is 139. The van der Waals surface area contributed by atoms with Crippen LogP contribution in [-0.2, 0) is 52.7 Å². The molecule has 332 valence electrons. The Hall–Kier alpha value is -6.60. The van der Waals surface area contributed by atoms with E-state index in [1.807, 2.05) is 0 Å². The van der Waals surface area contributed by atoms with Gasteiger partial charge >= 0.3 is 5.97 Å². The van der Waals surface area contributed by atoms with Crippen molar-refractivity contribution in [3.8, 4) is 0 Å². The van der Waals surface area contributed by atoms with Gasteiger partial charge in [-0.2, -0.15) is 0 Å². The molecule has 59 heavy (non-hydrogen) atoms. The molecule has 19 N–H and O–H groups in total. The number of nitrogens with one attached hydrogen (secondary N) is 8. The molecule has 0 saturated heterocycles. The molecule has 0 aliphatic carbocycles. The summed E-state index contributed by atoms with van der Waals surface area (Å²) in [6.45, 7) is 4.06. The summed E-state index contributed by atoms with van der Waals surface area (Å²) in [5.41, 5.74) is 26.4. The fourth-order valence-electron chi connectivity index (χ4n) is 4.80. The topological polar surface area (TPSA) is 447 Å². The first-order chi connectivity index (χ1) is 27.5. The highest BCUT2D eigenvalue weighted by atomic mass is 16.4. The lowest BCUT2D eigenvalue weighted by Crippen LogP contribution is -2.57. The van der Waals surface area contributed by atoms with Gasteiger partial charge in [-0.1, -0.05) is 13.8 Å². The minimum Gasteiger partial charge on any atom is -0.481 e. The van der Waals surface area contributed by atoms with Crippen molar-refractivity contribution in [3.05, 3.63) is 0 Å². The first-order valence-corrected chi connectivity index (χ1v) is 18.4. The molecule has 26 nitrogen and oxygen atoms in total. The second-order valence-electron chi connectivity index (χ2n) is 13.5. The molecule has 0 spiro atoms. The average Bonchev–Trinajstić information content (AvgIpc) is 3.15. The standard InChI is InChI=1S/C33H58N14O12/c1-15(2)26(27(36)54)47-32(59)19(7-9-21(35)48)45-24(51)14-40-23(50)13-41-28(55)16(3)42-31(58)20(8-10-25(52)53)46-29(56)17(4)43-30(57)18(44-22(49)12-34)6-5-11-39-33(37)38/h15-20,26H,5-14,34H2,1-4H3,(H2,35,48)(H2,36,54)(H,40,50)(H,41,55)(H,42,58)(H,43,57)(H,44,49)(H,45,51)(H,46,56)(H,47,59)(H,52,53)(H4,37,38,39)/t16-,17-,18-,19-,20-,26-/m0/s1. The number of rotatable bonds is 28. The molecule has 0 aromatic carbocycles. The van der Waals surface area contributed by atoms with Gasteiger partial charge in [0.1, 0.15) is 36.3 Å². The molecule has 0 aliphatic heterocycles. The van der Waals surface area contributed by atoms with E-state index in [1.165, 1.54) is 13.8 Å². The zero-order chi connectivity index (χ0) is 45.4. The molecule has 0 aromatic rings. The summed E-state index contributed by atoms with van der Waals surface area (Å²) in [6, 6.07) is -7.71. The third-order valence-corrected chi connectivity index (χ3v) is 8.04. The lowest BCUT2D eigenvalue weighted by atomic mass is 10.0. The van der Waals surface area contributed by atoms with Gasteiger partial charge in [-0.25, -0.2) is 0 Å². The molecule has 0 unspecified atom stereocenters. The highest BCUT2D eigenvalue weighted by Crippen LogP contribution is 2.05. The number of nitrogens with zero attached hydrogens (tertiary/aromatic N) is 1. The van der Waals surface area contributed by atoms with Crippen LogP contribution in [-0.4, -0.2) is 139 Å². The van der Waals surface area contributed by atoms with E-state index in [9.17, 15) is 57.8 Å². The van der Waals surface area contributed by atoms with Gasteiger partial charge in [0.05, 0.1) is 19.6 Å².